The van der Waals surface area contributed by atoms with Crippen LogP contribution in [0.3, 0.4) is 0 Å². The Balaban J connectivity index is 1.80. The summed E-state index contributed by atoms with van der Waals surface area (Å²) < 4.78 is 0.745. The summed E-state index contributed by atoms with van der Waals surface area (Å²) in [7, 11) is 0. The first kappa shape index (κ1) is 14.7. The number of rotatable bonds is 5. The van der Waals surface area contributed by atoms with Gasteiger partial charge in [0, 0.05) is 23.7 Å². The molecule has 0 aliphatic heterocycles. The van der Waals surface area contributed by atoms with Gasteiger partial charge in [0.25, 0.3) is 5.03 Å². The van der Waals surface area contributed by atoms with Gasteiger partial charge in [-0.25, -0.2) is 0 Å². The number of nitrogens with one attached hydrogen (secondary N) is 1. The molecule has 0 atom stereocenters. The van der Waals surface area contributed by atoms with Crippen LogP contribution in [0.25, 0.3) is 0 Å². The van der Waals surface area contributed by atoms with E-state index in [2.05, 4.69) is 5.32 Å². The highest BCUT2D eigenvalue weighted by Gasteiger charge is 2.08. The minimum atomic E-state index is -0.126. The second kappa shape index (κ2) is 7.17. The van der Waals surface area contributed by atoms with Crippen molar-refractivity contribution < 1.29 is 9.52 Å². The Morgan fingerprint density at radius 3 is 2.90 bits per heavy atom. The molecule has 2 rings (SSSR count). The Bertz CT molecular complexity index is 607. The van der Waals surface area contributed by atoms with Gasteiger partial charge in [0.05, 0.1) is 5.75 Å². The predicted molar refractivity (Wildman–Crippen MR) is 79.4 cm³/mol. The van der Waals surface area contributed by atoms with E-state index in [4.69, 9.17) is 11.6 Å². The molecule has 104 valence electrons. The van der Waals surface area contributed by atoms with Crippen molar-refractivity contribution in [1.82, 2.24) is 5.32 Å². The number of benzene rings is 1. The average molecular weight is 309 g/mol. The van der Waals surface area contributed by atoms with Crippen LogP contribution >= 0.6 is 23.4 Å². The monoisotopic (exact) mass is 308 g/mol. The molecule has 0 aliphatic carbocycles. The number of hydrogen-bond acceptors (Lipinski definition) is 3. The maximum atomic E-state index is 11.7. The van der Waals surface area contributed by atoms with E-state index in [0.717, 1.165) is 10.3 Å². The first-order chi connectivity index (χ1) is 9.65. The third-order valence-electron chi connectivity index (χ3n) is 2.52. The summed E-state index contributed by atoms with van der Waals surface area (Å²) >= 11 is 7.07. The lowest BCUT2D eigenvalue weighted by Crippen LogP contribution is -2.29. The first-order valence-corrected chi connectivity index (χ1v) is 7.33. The lowest BCUT2D eigenvalue weighted by molar-refractivity contribution is -0.645. The standard InChI is InChI=1S/C14H13ClN2O2S/c15-12-5-3-4-11(8-12)9-16-13(18)10-20-14-6-1-2-7-17(14)19/h1-8H,9-10H2,(H,16,18). The van der Waals surface area contributed by atoms with Gasteiger partial charge in [-0.3, -0.25) is 4.79 Å². The molecule has 0 saturated carbocycles. The topological polar surface area (TPSA) is 56.0 Å². The minimum Gasteiger partial charge on any atom is -0.618 e. The number of hydrogen-bond donors (Lipinski definition) is 1. The van der Waals surface area contributed by atoms with Crippen LogP contribution in [-0.2, 0) is 11.3 Å². The molecular weight excluding hydrogens is 296 g/mol. The van der Waals surface area contributed by atoms with Crippen LogP contribution in [0.1, 0.15) is 5.56 Å². The molecule has 1 heterocycles. The van der Waals surface area contributed by atoms with Crippen LogP contribution in [0.5, 0.6) is 0 Å². The van der Waals surface area contributed by atoms with Gasteiger partial charge in [0.1, 0.15) is 0 Å². The van der Waals surface area contributed by atoms with Crippen molar-refractivity contribution in [2.24, 2.45) is 0 Å². The highest BCUT2D eigenvalue weighted by atomic mass is 35.5. The molecule has 2 aromatic rings. The fourth-order valence-corrected chi connectivity index (χ4v) is 2.52. The van der Waals surface area contributed by atoms with Gasteiger partial charge >= 0.3 is 0 Å². The summed E-state index contributed by atoms with van der Waals surface area (Å²) in [4.78, 5) is 11.7. The summed E-state index contributed by atoms with van der Waals surface area (Å²) in [6.45, 7) is 0.423. The van der Waals surface area contributed by atoms with Crippen LogP contribution < -0.4 is 10.0 Å². The van der Waals surface area contributed by atoms with Crippen LogP contribution in [0.2, 0.25) is 5.02 Å². The zero-order valence-electron chi connectivity index (χ0n) is 10.6. The molecule has 1 aromatic heterocycles. The number of thioether (sulfide) groups is 1. The van der Waals surface area contributed by atoms with Crippen molar-refractivity contribution in [1.29, 1.82) is 0 Å². The number of amides is 1. The lowest BCUT2D eigenvalue weighted by Gasteiger charge is -2.06. The Hall–Kier alpha value is -1.72. The molecule has 0 bridgehead atoms. The molecule has 1 N–H and O–H groups in total. The highest BCUT2D eigenvalue weighted by molar-refractivity contribution is 7.99. The van der Waals surface area contributed by atoms with Crippen LogP contribution in [0.15, 0.2) is 53.7 Å². The minimum absolute atomic E-state index is 0.126. The normalized spacial score (nSPS) is 10.2. The summed E-state index contributed by atoms with van der Waals surface area (Å²) in [5, 5.41) is 15.3. The Kier molecular flexibility index (Phi) is 5.26. The molecule has 4 nitrogen and oxygen atoms in total. The molecule has 0 aliphatic rings. The van der Waals surface area contributed by atoms with Gasteiger partial charge in [0.15, 0.2) is 6.20 Å². The fraction of sp³-hybridized carbons (Fsp3) is 0.143. The van der Waals surface area contributed by atoms with Crippen molar-refractivity contribution in [3.05, 3.63) is 64.5 Å². The zero-order valence-corrected chi connectivity index (χ0v) is 12.2. The molecule has 0 fully saturated rings. The van der Waals surface area contributed by atoms with Gasteiger partial charge in [0.2, 0.25) is 5.91 Å². The van der Waals surface area contributed by atoms with E-state index in [1.165, 1.54) is 18.0 Å². The molecule has 0 unspecified atom stereocenters. The largest absolute Gasteiger partial charge is 0.618 e. The van der Waals surface area contributed by atoms with E-state index in [1.54, 1.807) is 30.3 Å². The Morgan fingerprint density at radius 1 is 1.30 bits per heavy atom. The SMILES string of the molecule is O=C(CSc1cccc[n+]1[O-])NCc1cccc(Cl)c1. The van der Waals surface area contributed by atoms with Crippen molar-refractivity contribution in [2.75, 3.05) is 5.75 Å². The molecule has 0 saturated heterocycles. The number of carbonyl (C=O) groups is 1. The van der Waals surface area contributed by atoms with Crippen LogP contribution in [0.4, 0.5) is 0 Å². The maximum absolute atomic E-state index is 11.7. The summed E-state index contributed by atoms with van der Waals surface area (Å²) in [5.74, 6) is 0.0751. The number of halogens is 1. The molecule has 0 radical (unpaired) electrons. The summed E-state index contributed by atoms with van der Waals surface area (Å²) in [6, 6.07) is 12.4. The van der Waals surface area contributed by atoms with Crippen molar-refractivity contribution in [3.63, 3.8) is 0 Å². The van der Waals surface area contributed by atoms with Crippen molar-refractivity contribution >= 4 is 29.3 Å². The molecule has 1 aromatic carbocycles. The van der Waals surface area contributed by atoms with E-state index >= 15 is 0 Å². The summed E-state index contributed by atoms with van der Waals surface area (Å²) in [6.07, 6.45) is 1.41. The van der Waals surface area contributed by atoms with Gasteiger partial charge in [-0.05, 0) is 35.5 Å². The lowest BCUT2D eigenvalue weighted by atomic mass is 10.2. The zero-order chi connectivity index (χ0) is 14.4. The third-order valence-corrected chi connectivity index (χ3v) is 3.77. The van der Waals surface area contributed by atoms with Gasteiger partial charge < -0.3 is 10.5 Å². The summed E-state index contributed by atoms with van der Waals surface area (Å²) in [5.41, 5.74) is 0.939. The second-order valence-electron chi connectivity index (χ2n) is 4.06. The van der Waals surface area contributed by atoms with Crippen molar-refractivity contribution in [2.45, 2.75) is 11.6 Å². The molecule has 6 heteroatoms. The number of aromatic nitrogens is 1. The van der Waals surface area contributed by atoms with Gasteiger partial charge in [-0.1, -0.05) is 23.7 Å². The van der Waals surface area contributed by atoms with Gasteiger partial charge in [-0.2, -0.15) is 4.73 Å². The van der Waals surface area contributed by atoms with Gasteiger partial charge in [-0.15, -0.1) is 0 Å². The van der Waals surface area contributed by atoms with E-state index in [0.29, 0.717) is 16.6 Å². The van der Waals surface area contributed by atoms with Crippen molar-refractivity contribution in [3.8, 4) is 0 Å². The van der Waals surface area contributed by atoms with E-state index in [9.17, 15) is 10.0 Å². The maximum Gasteiger partial charge on any atom is 0.251 e. The first-order valence-electron chi connectivity index (χ1n) is 5.97. The molecule has 0 spiro atoms. The fourth-order valence-electron chi connectivity index (χ4n) is 1.56. The van der Waals surface area contributed by atoms with Crippen LogP contribution in [-0.4, -0.2) is 11.7 Å². The number of carbonyl (C=O) groups excluding carboxylic acids is 1. The average Bonchev–Trinajstić information content (AvgIpc) is 2.44. The van der Waals surface area contributed by atoms with E-state index in [-0.39, 0.29) is 11.7 Å². The predicted octanol–water partition coefficient (Wildman–Crippen LogP) is 2.38. The Labute approximate surface area is 126 Å². The third kappa shape index (κ3) is 4.43. The van der Waals surface area contributed by atoms with E-state index in [1.807, 2.05) is 12.1 Å². The van der Waals surface area contributed by atoms with E-state index < -0.39 is 0 Å². The molecule has 20 heavy (non-hydrogen) atoms. The quantitative estimate of drug-likeness (QED) is 0.524. The Morgan fingerprint density at radius 2 is 2.15 bits per heavy atom. The number of nitrogens with zero attached hydrogens (tertiary/aromatic N) is 1. The molecule has 1 amide bonds. The smallest absolute Gasteiger partial charge is 0.251 e. The number of pyridine rings is 1. The van der Waals surface area contributed by atoms with Crippen LogP contribution in [0, 0.1) is 5.21 Å². The molecular formula is C14H13ClN2O2S. The second-order valence-corrected chi connectivity index (χ2v) is 5.49. The highest BCUT2D eigenvalue weighted by Crippen LogP contribution is 2.12.